The smallest absolute Gasteiger partial charge is 0.0704 e. The topological polar surface area (TPSA) is 20.2 Å². The van der Waals surface area contributed by atoms with E-state index >= 15 is 0 Å². The molecule has 1 aliphatic carbocycles. The summed E-state index contributed by atoms with van der Waals surface area (Å²) in [5.41, 5.74) is 1.35. The molecule has 1 fully saturated rings. The van der Waals surface area contributed by atoms with Crippen molar-refractivity contribution >= 4 is 11.6 Å². The first-order valence-corrected chi connectivity index (χ1v) is 5.58. The van der Waals surface area contributed by atoms with Crippen molar-refractivity contribution in [2.75, 3.05) is 0 Å². The number of halogens is 1. The Morgan fingerprint density at radius 1 is 1.14 bits per heavy atom. The van der Waals surface area contributed by atoms with Crippen LogP contribution in [0, 0.1) is 0 Å². The Labute approximate surface area is 89.7 Å². The normalized spacial score (nSPS) is 32.9. The third-order valence-corrected chi connectivity index (χ3v) is 3.48. The van der Waals surface area contributed by atoms with E-state index in [4.69, 9.17) is 11.6 Å². The molecule has 0 heterocycles. The number of benzene rings is 1. The van der Waals surface area contributed by atoms with Gasteiger partial charge in [-0.25, -0.2) is 0 Å². The van der Waals surface area contributed by atoms with Crippen LogP contribution in [0.2, 0.25) is 0 Å². The molecule has 3 unspecified atom stereocenters. The number of rotatable bonds is 1. The van der Waals surface area contributed by atoms with E-state index in [1.54, 1.807) is 0 Å². The van der Waals surface area contributed by atoms with Gasteiger partial charge in [-0.05, 0) is 30.7 Å². The highest BCUT2D eigenvalue weighted by molar-refractivity contribution is 6.21. The second-order valence-corrected chi connectivity index (χ2v) is 4.56. The lowest BCUT2D eigenvalue weighted by Gasteiger charge is -2.29. The summed E-state index contributed by atoms with van der Waals surface area (Å²) >= 11 is 6.06. The van der Waals surface area contributed by atoms with E-state index in [1.807, 2.05) is 6.07 Å². The summed E-state index contributed by atoms with van der Waals surface area (Å²) in [5, 5.41) is 9.44. The predicted octanol–water partition coefficient (Wildman–Crippen LogP) is 2.92. The fourth-order valence-electron chi connectivity index (χ4n) is 2.13. The average molecular weight is 211 g/mol. The van der Waals surface area contributed by atoms with Crippen molar-refractivity contribution in [3.8, 4) is 0 Å². The SMILES string of the molecule is OC1CCC(c2ccccc2)CC1Cl. The number of aliphatic hydroxyl groups is 1. The summed E-state index contributed by atoms with van der Waals surface area (Å²) in [6, 6.07) is 10.4. The molecule has 1 aliphatic rings. The number of alkyl halides is 1. The van der Waals surface area contributed by atoms with Gasteiger partial charge in [0.1, 0.15) is 0 Å². The van der Waals surface area contributed by atoms with Crippen LogP contribution in [0.5, 0.6) is 0 Å². The van der Waals surface area contributed by atoms with Gasteiger partial charge in [-0.15, -0.1) is 11.6 Å². The van der Waals surface area contributed by atoms with Gasteiger partial charge in [0.2, 0.25) is 0 Å². The molecule has 2 heteroatoms. The first-order chi connectivity index (χ1) is 6.77. The second kappa shape index (κ2) is 4.33. The van der Waals surface area contributed by atoms with Crippen LogP contribution in [0.3, 0.4) is 0 Å². The third-order valence-electron chi connectivity index (χ3n) is 3.01. The molecule has 1 nitrogen and oxygen atoms in total. The Bertz CT molecular complexity index is 286. The lowest BCUT2D eigenvalue weighted by atomic mass is 9.82. The molecule has 1 N–H and O–H groups in total. The highest BCUT2D eigenvalue weighted by Gasteiger charge is 2.28. The van der Waals surface area contributed by atoms with Gasteiger partial charge < -0.3 is 5.11 Å². The summed E-state index contributed by atoms with van der Waals surface area (Å²) in [7, 11) is 0. The lowest BCUT2D eigenvalue weighted by Crippen LogP contribution is -2.28. The average Bonchev–Trinajstić information content (AvgIpc) is 2.23. The predicted molar refractivity (Wildman–Crippen MR) is 58.7 cm³/mol. The standard InChI is InChI=1S/C12H15ClO/c13-11-8-10(6-7-12(11)14)9-4-2-1-3-5-9/h1-5,10-12,14H,6-8H2. The Balaban J connectivity index is 2.07. The molecule has 2 rings (SSSR count). The van der Waals surface area contributed by atoms with Crippen molar-refractivity contribution in [3.05, 3.63) is 35.9 Å². The van der Waals surface area contributed by atoms with Gasteiger partial charge in [0, 0.05) is 0 Å². The maximum atomic E-state index is 9.51. The molecule has 0 aliphatic heterocycles. The quantitative estimate of drug-likeness (QED) is 0.707. The lowest BCUT2D eigenvalue weighted by molar-refractivity contribution is 0.127. The third kappa shape index (κ3) is 2.10. The fourth-order valence-corrected chi connectivity index (χ4v) is 2.47. The molecule has 0 radical (unpaired) electrons. The second-order valence-electron chi connectivity index (χ2n) is 4.00. The summed E-state index contributed by atoms with van der Waals surface area (Å²) in [6.45, 7) is 0. The van der Waals surface area contributed by atoms with Crippen LogP contribution in [-0.2, 0) is 0 Å². The zero-order valence-corrected chi connectivity index (χ0v) is 8.82. The molecule has 14 heavy (non-hydrogen) atoms. The van der Waals surface area contributed by atoms with Gasteiger partial charge in [-0.3, -0.25) is 0 Å². The number of aliphatic hydroxyl groups excluding tert-OH is 1. The van der Waals surface area contributed by atoms with E-state index in [-0.39, 0.29) is 11.5 Å². The highest BCUT2D eigenvalue weighted by atomic mass is 35.5. The van der Waals surface area contributed by atoms with Crippen molar-refractivity contribution in [2.45, 2.75) is 36.7 Å². The molecule has 0 saturated heterocycles. The van der Waals surface area contributed by atoms with Crippen LogP contribution in [0.25, 0.3) is 0 Å². The highest BCUT2D eigenvalue weighted by Crippen LogP contribution is 2.35. The number of hydrogen-bond donors (Lipinski definition) is 1. The van der Waals surface area contributed by atoms with Gasteiger partial charge in [-0.2, -0.15) is 0 Å². The van der Waals surface area contributed by atoms with E-state index < -0.39 is 0 Å². The van der Waals surface area contributed by atoms with E-state index in [2.05, 4.69) is 24.3 Å². The van der Waals surface area contributed by atoms with E-state index in [0.717, 1.165) is 19.3 Å². The summed E-state index contributed by atoms with van der Waals surface area (Å²) in [5.74, 6) is 0.530. The van der Waals surface area contributed by atoms with Crippen LogP contribution in [0.15, 0.2) is 30.3 Å². The Kier molecular flexibility index (Phi) is 3.09. The molecule has 0 amide bonds. The summed E-state index contributed by atoms with van der Waals surface area (Å²) in [6.07, 6.45) is 2.46. The molecular formula is C12H15ClO. The van der Waals surface area contributed by atoms with E-state index in [1.165, 1.54) is 5.56 Å². The minimum Gasteiger partial charge on any atom is -0.392 e. The fraction of sp³-hybridized carbons (Fsp3) is 0.500. The first-order valence-electron chi connectivity index (χ1n) is 5.14. The van der Waals surface area contributed by atoms with Crippen molar-refractivity contribution in [1.29, 1.82) is 0 Å². The van der Waals surface area contributed by atoms with Gasteiger partial charge in [0.05, 0.1) is 11.5 Å². The van der Waals surface area contributed by atoms with Gasteiger partial charge in [0.15, 0.2) is 0 Å². The van der Waals surface area contributed by atoms with Crippen LogP contribution >= 0.6 is 11.6 Å². The molecule has 0 spiro atoms. The molecular weight excluding hydrogens is 196 g/mol. The maximum absolute atomic E-state index is 9.51. The van der Waals surface area contributed by atoms with Crippen LogP contribution < -0.4 is 0 Å². The summed E-state index contributed by atoms with van der Waals surface area (Å²) in [4.78, 5) is 0. The Morgan fingerprint density at radius 2 is 1.86 bits per heavy atom. The molecule has 0 aromatic heterocycles. The van der Waals surface area contributed by atoms with Crippen molar-refractivity contribution in [1.82, 2.24) is 0 Å². The molecule has 0 bridgehead atoms. The molecule has 3 atom stereocenters. The zero-order chi connectivity index (χ0) is 9.97. The maximum Gasteiger partial charge on any atom is 0.0704 e. The van der Waals surface area contributed by atoms with Crippen molar-refractivity contribution in [3.63, 3.8) is 0 Å². The molecule has 76 valence electrons. The molecule has 1 saturated carbocycles. The minimum atomic E-state index is -0.309. The Morgan fingerprint density at radius 3 is 2.50 bits per heavy atom. The van der Waals surface area contributed by atoms with Crippen LogP contribution in [0.4, 0.5) is 0 Å². The number of hydrogen-bond acceptors (Lipinski definition) is 1. The summed E-state index contributed by atoms with van der Waals surface area (Å²) < 4.78 is 0. The monoisotopic (exact) mass is 210 g/mol. The van der Waals surface area contributed by atoms with Crippen molar-refractivity contribution in [2.24, 2.45) is 0 Å². The minimum absolute atomic E-state index is 0.0750. The van der Waals surface area contributed by atoms with Gasteiger partial charge in [0.25, 0.3) is 0 Å². The van der Waals surface area contributed by atoms with E-state index in [0.29, 0.717) is 5.92 Å². The van der Waals surface area contributed by atoms with E-state index in [9.17, 15) is 5.11 Å². The van der Waals surface area contributed by atoms with Gasteiger partial charge >= 0.3 is 0 Å². The first kappa shape index (κ1) is 10.0. The van der Waals surface area contributed by atoms with Gasteiger partial charge in [-0.1, -0.05) is 30.3 Å². The van der Waals surface area contributed by atoms with Crippen molar-refractivity contribution < 1.29 is 5.11 Å². The molecule has 1 aromatic carbocycles. The van der Waals surface area contributed by atoms with Crippen LogP contribution in [-0.4, -0.2) is 16.6 Å². The van der Waals surface area contributed by atoms with Crippen LogP contribution in [0.1, 0.15) is 30.7 Å². The Hall–Kier alpha value is -0.530. The zero-order valence-electron chi connectivity index (χ0n) is 8.07. The molecule has 1 aromatic rings. The largest absolute Gasteiger partial charge is 0.392 e.